The highest BCUT2D eigenvalue weighted by molar-refractivity contribution is 7.98. The van der Waals surface area contributed by atoms with Crippen LogP contribution in [0.4, 0.5) is 10.6 Å². The molecular formula is C21H23N5O2S. The molecule has 1 aliphatic heterocycles. The van der Waals surface area contributed by atoms with Gasteiger partial charge in [-0.25, -0.2) is 19.8 Å². The number of rotatable bonds is 5. The molecule has 7 nitrogen and oxygen atoms in total. The van der Waals surface area contributed by atoms with Crippen LogP contribution in [0.5, 0.6) is 5.75 Å². The molecule has 29 heavy (non-hydrogen) atoms. The maximum atomic E-state index is 12.2. The molecule has 1 N–H and O–H groups in total. The highest BCUT2D eigenvalue weighted by Crippen LogP contribution is 2.32. The molecule has 0 unspecified atom stereocenters. The summed E-state index contributed by atoms with van der Waals surface area (Å²) in [6, 6.07) is 4.88. The van der Waals surface area contributed by atoms with Gasteiger partial charge in [0.05, 0.1) is 16.6 Å². The minimum Gasteiger partial charge on any atom is -0.507 e. The molecular weight excluding hydrogens is 386 g/mol. The Balaban J connectivity index is 1.79. The van der Waals surface area contributed by atoms with Crippen molar-refractivity contribution >= 4 is 45.9 Å². The van der Waals surface area contributed by atoms with E-state index in [-0.39, 0.29) is 11.8 Å². The number of hydrogen-bond donors (Lipinski definition) is 1. The number of phenolic OH excluding ortho intramolecular Hbond substituents is 1. The van der Waals surface area contributed by atoms with Crippen molar-refractivity contribution in [2.24, 2.45) is 9.98 Å². The number of aliphatic imine (C=N–C) groups is 2. The van der Waals surface area contributed by atoms with Gasteiger partial charge in [0.15, 0.2) is 11.0 Å². The minimum absolute atomic E-state index is 0.0868. The van der Waals surface area contributed by atoms with Gasteiger partial charge in [-0.15, -0.1) is 6.42 Å². The maximum absolute atomic E-state index is 12.2. The van der Waals surface area contributed by atoms with Crippen molar-refractivity contribution in [3.05, 3.63) is 18.2 Å². The summed E-state index contributed by atoms with van der Waals surface area (Å²) in [4.78, 5) is 31.4. The Labute approximate surface area is 174 Å². The lowest BCUT2D eigenvalue weighted by molar-refractivity contribution is 0.219. The fourth-order valence-electron chi connectivity index (χ4n) is 3.09. The van der Waals surface area contributed by atoms with Crippen molar-refractivity contribution in [2.75, 3.05) is 19.3 Å². The van der Waals surface area contributed by atoms with E-state index in [1.807, 2.05) is 19.2 Å². The number of amides is 2. The van der Waals surface area contributed by atoms with Crippen LogP contribution in [-0.4, -0.2) is 56.8 Å². The van der Waals surface area contributed by atoms with Gasteiger partial charge < -0.3 is 10.0 Å². The monoisotopic (exact) mass is 409 g/mol. The van der Waals surface area contributed by atoms with Crippen molar-refractivity contribution in [3.63, 3.8) is 0 Å². The largest absolute Gasteiger partial charge is 0.507 e. The zero-order valence-electron chi connectivity index (χ0n) is 16.6. The van der Waals surface area contributed by atoms with Crippen molar-refractivity contribution in [1.82, 2.24) is 14.9 Å². The van der Waals surface area contributed by atoms with Gasteiger partial charge in [-0.1, -0.05) is 23.7 Å². The zero-order chi connectivity index (χ0) is 20.8. The van der Waals surface area contributed by atoms with Gasteiger partial charge in [0.1, 0.15) is 5.75 Å². The molecule has 2 aromatic rings. The number of benzene rings is 1. The molecule has 2 amide bonds. The third-order valence-electron chi connectivity index (χ3n) is 4.64. The molecule has 1 aliphatic rings. The molecule has 0 saturated carbocycles. The van der Waals surface area contributed by atoms with E-state index in [1.165, 1.54) is 11.8 Å². The Hall–Kier alpha value is -2.92. The molecule has 1 saturated heterocycles. The molecule has 150 valence electrons. The average Bonchev–Trinajstić information content (AvgIpc) is 3.25. The molecule has 1 aromatic heterocycles. The normalized spacial score (nSPS) is 15.0. The molecule has 0 aliphatic carbocycles. The van der Waals surface area contributed by atoms with Crippen LogP contribution in [0.1, 0.15) is 32.6 Å². The molecule has 0 spiro atoms. The van der Waals surface area contributed by atoms with Gasteiger partial charge in [0.2, 0.25) is 0 Å². The molecule has 1 fully saturated rings. The molecule has 3 rings (SSSR count). The third kappa shape index (κ3) is 5.12. The van der Waals surface area contributed by atoms with Crippen LogP contribution in [-0.2, 0) is 0 Å². The lowest BCUT2D eigenvalue weighted by Gasteiger charge is -2.11. The Bertz CT molecular complexity index is 1020. The summed E-state index contributed by atoms with van der Waals surface area (Å²) in [6.45, 7) is 3.34. The highest BCUT2D eigenvalue weighted by atomic mass is 32.2. The van der Waals surface area contributed by atoms with E-state index in [9.17, 15) is 9.90 Å². The quantitative estimate of drug-likeness (QED) is 0.345. The van der Waals surface area contributed by atoms with E-state index in [4.69, 9.17) is 6.42 Å². The molecule has 0 radical (unpaired) electrons. The predicted octanol–water partition coefficient (Wildman–Crippen LogP) is 4.22. The Kier molecular flexibility index (Phi) is 6.83. The van der Waals surface area contributed by atoms with Crippen LogP contribution in [0.3, 0.4) is 0 Å². The van der Waals surface area contributed by atoms with Crippen molar-refractivity contribution in [2.45, 2.75) is 37.8 Å². The SMILES string of the molecule is C#CC(CCC(C)=Nc1nc(SC)nc2cccc(O)c12)=NC(=O)N1CCCC1. The van der Waals surface area contributed by atoms with E-state index in [0.29, 0.717) is 40.4 Å². The number of terminal acetylenes is 1. The van der Waals surface area contributed by atoms with Gasteiger partial charge in [-0.3, -0.25) is 0 Å². The van der Waals surface area contributed by atoms with E-state index < -0.39 is 0 Å². The lowest BCUT2D eigenvalue weighted by atomic mass is 10.1. The van der Waals surface area contributed by atoms with E-state index >= 15 is 0 Å². The number of phenols is 1. The first-order chi connectivity index (χ1) is 14.0. The van der Waals surface area contributed by atoms with Gasteiger partial charge >= 0.3 is 6.03 Å². The Morgan fingerprint density at radius 2 is 2.07 bits per heavy atom. The summed E-state index contributed by atoms with van der Waals surface area (Å²) in [5, 5.41) is 11.3. The summed E-state index contributed by atoms with van der Waals surface area (Å²) in [6.07, 6.45) is 10.4. The second-order valence-corrected chi connectivity index (χ2v) is 7.51. The fraction of sp³-hybridized carbons (Fsp3) is 0.381. The minimum atomic E-state index is -0.263. The molecule has 2 heterocycles. The van der Waals surface area contributed by atoms with E-state index in [1.54, 1.807) is 17.0 Å². The van der Waals surface area contributed by atoms with Crippen molar-refractivity contribution < 1.29 is 9.90 Å². The Morgan fingerprint density at radius 3 is 2.76 bits per heavy atom. The van der Waals surface area contributed by atoms with E-state index in [0.717, 1.165) is 31.6 Å². The van der Waals surface area contributed by atoms with Gasteiger partial charge in [0.25, 0.3) is 0 Å². The number of thioether (sulfide) groups is 1. The number of hydrogen-bond acceptors (Lipinski definition) is 6. The highest BCUT2D eigenvalue weighted by Gasteiger charge is 2.17. The van der Waals surface area contributed by atoms with Crippen LogP contribution >= 0.6 is 11.8 Å². The summed E-state index contributed by atoms with van der Waals surface area (Å²) in [5.41, 5.74) is 1.83. The maximum Gasteiger partial charge on any atom is 0.344 e. The third-order valence-corrected chi connectivity index (χ3v) is 5.19. The second kappa shape index (κ2) is 9.52. The van der Waals surface area contributed by atoms with Gasteiger partial charge in [0, 0.05) is 25.2 Å². The standard InChI is InChI=1S/C21H23N5O2S/c1-4-15(23-21(28)26-12-5-6-13-26)11-10-14(2)22-19-18-16(8-7-9-17(18)27)24-20(25-19)29-3/h1,7-9,27H,5-6,10-13H2,2-3H3. The van der Waals surface area contributed by atoms with Crippen LogP contribution in [0.15, 0.2) is 33.3 Å². The van der Waals surface area contributed by atoms with Crippen LogP contribution in [0.25, 0.3) is 10.9 Å². The number of carbonyl (C=O) groups is 1. The summed E-state index contributed by atoms with van der Waals surface area (Å²) in [7, 11) is 0. The second-order valence-electron chi connectivity index (χ2n) is 6.73. The Morgan fingerprint density at radius 1 is 1.31 bits per heavy atom. The van der Waals surface area contributed by atoms with Crippen LogP contribution in [0.2, 0.25) is 0 Å². The predicted molar refractivity (Wildman–Crippen MR) is 117 cm³/mol. The average molecular weight is 410 g/mol. The molecule has 8 heteroatoms. The summed E-state index contributed by atoms with van der Waals surface area (Å²) in [5.74, 6) is 3.02. The lowest BCUT2D eigenvalue weighted by Crippen LogP contribution is -2.25. The summed E-state index contributed by atoms with van der Waals surface area (Å²) < 4.78 is 0. The number of nitrogens with zero attached hydrogens (tertiary/aromatic N) is 5. The fourth-order valence-corrected chi connectivity index (χ4v) is 3.46. The molecule has 0 bridgehead atoms. The summed E-state index contributed by atoms with van der Waals surface area (Å²) >= 11 is 1.41. The number of urea groups is 1. The first-order valence-electron chi connectivity index (χ1n) is 9.42. The van der Waals surface area contributed by atoms with Crippen molar-refractivity contribution in [1.29, 1.82) is 0 Å². The number of aromatic nitrogens is 2. The first-order valence-corrected chi connectivity index (χ1v) is 10.6. The first kappa shape index (κ1) is 20.8. The topological polar surface area (TPSA) is 91.0 Å². The van der Waals surface area contributed by atoms with Crippen LogP contribution in [0, 0.1) is 12.3 Å². The number of fused-ring (bicyclic) bond motifs is 1. The zero-order valence-corrected chi connectivity index (χ0v) is 17.4. The molecule has 1 aromatic carbocycles. The number of likely N-dealkylation sites (tertiary alicyclic amines) is 1. The van der Waals surface area contributed by atoms with Gasteiger partial charge in [-0.05, 0) is 44.6 Å². The van der Waals surface area contributed by atoms with E-state index in [2.05, 4.69) is 25.9 Å². The van der Waals surface area contributed by atoms with Crippen LogP contribution < -0.4 is 0 Å². The number of aromatic hydroxyl groups is 1. The number of carbonyl (C=O) groups excluding carboxylic acids is 1. The van der Waals surface area contributed by atoms with Crippen molar-refractivity contribution in [3.8, 4) is 18.1 Å². The molecule has 0 atom stereocenters. The van der Waals surface area contributed by atoms with Gasteiger partial charge in [-0.2, -0.15) is 4.99 Å². The smallest absolute Gasteiger partial charge is 0.344 e.